The molecule has 0 bridgehead atoms. The van der Waals surface area contributed by atoms with Gasteiger partial charge in [0.15, 0.2) is 5.82 Å². The number of benzene rings is 1. The first-order valence-electron chi connectivity index (χ1n) is 8.49. The molecule has 1 saturated carbocycles. The summed E-state index contributed by atoms with van der Waals surface area (Å²) in [5.74, 6) is 1.53. The van der Waals surface area contributed by atoms with Crippen LogP contribution < -0.4 is 5.32 Å². The van der Waals surface area contributed by atoms with Crippen LogP contribution in [0.3, 0.4) is 0 Å². The maximum Gasteiger partial charge on any atom is 0.253 e. The molecule has 0 saturated heterocycles. The Hall–Kier alpha value is -2.73. The number of pyridine rings is 1. The smallest absolute Gasteiger partial charge is 0.253 e. The number of nitrogens with one attached hydrogen (secondary N) is 1. The van der Waals surface area contributed by atoms with Gasteiger partial charge < -0.3 is 5.32 Å². The first-order chi connectivity index (χ1) is 12.6. The molecule has 2 heterocycles. The van der Waals surface area contributed by atoms with E-state index in [1.807, 2.05) is 24.3 Å². The molecule has 1 fully saturated rings. The molecule has 0 radical (unpaired) electrons. The van der Waals surface area contributed by atoms with E-state index in [1.54, 1.807) is 29.3 Å². The number of carbonyl (C=O) groups is 1. The lowest BCUT2D eigenvalue weighted by Crippen LogP contribution is -2.30. The lowest BCUT2D eigenvalue weighted by atomic mass is 10.0. The molecule has 1 amide bonds. The molecule has 1 aromatic carbocycles. The molecule has 4 rings (SSSR count). The van der Waals surface area contributed by atoms with E-state index >= 15 is 0 Å². The Morgan fingerprint density at radius 3 is 2.62 bits per heavy atom. The zero-order chi connectivity index (χ0) is 18.1. The summed E-state index contributed by atoms with van der Waals surface area (Å²) in [6.07, 6.45) is 5.67. The molecule has 26 heavy (non-hydrogen) atoms. The summed E-state index contributed by atoms with van der Waals surface area (Å²) in [4.78, 5) is 20.9. The summed E-state index contributed by atoms with van der Waals surface area (Å²) in [5.41, 5.74) is 1.59. The number of nitrogens with zero attached hydrogens (tertiary/aromatic N) is 4. The van der Waals surface area contributed by atoms with Gasteiger partial charge in [-0.05, 0) is 48.1 Å². The van der Waals surface area contributed by atoms with Gasteiger partial charge in [0.2, 0.25) is 0 Å². The molecular weight excluding hydrogens is 350 g/mol. The van der Waals surface area contributed by atoms with E-state index in [9.17, 15) is 4.79 Å². The molecule has 0 unspecified atom stereocenters. The van der Waals surface area contributed by atoms with Crippen molar-refractivity contribution in [2.24, 2.45) is 11.8 Å². The van der Waals surface area contributed by atoms with Gasteiger partial charge >= 0.3 is 0 Å². The summed E-state index contributed by atoms with van der Waals surface area (Å²) in [6, 6.07) is 11.1. The number of hydrogen-bond donors (Lipinski definition) is 1. The largest absolute Gasteiger partial charge is 0.345 e. The number of amides is 1. The number of rotatable bonds is 5. The minimum absolute atomic E-state index is 0.0234. The van der Waals surface area contributed by atoms with Gasteiger partial charge in [0.25, 0.3) is 5.91 Å². The Morgan fingerprint density at radius 1 is 1.27 bits per heavy atom. The van der Waals surface area contributed by atoms with Crippen LogP contribution in [0, 0.1) is 11.8 Å². The minimum atomic E-state index is -0.137. The van der Waals surface area contributed by atoms with Gasteiger partial charge in [-0.15, -0.1) is 0 Å². The van der Waals surface area contributed by atoms with E-state index < -0.39 is 0 Å². The van der Waals surface area contributed by atoms with Gasteiger partial charge in [-0.3, -0.25) is 4.79 Å². The summed E-state index contributed by atoms with van der Waals surface area (Å²) < 4.78 is 1.55. The average Bonchev–Trinajstić information content (AvgIpc) is 3.14. The van der Waals surface area contributed by atoms with Gasteiger partial charge in [-0.2, -0.15) is 5.10 Å². The molecule has 1 N–H and O–H groups in total. The molecule has 3 aromatic rings. The Bertz CT molecular complexity index is 893. The highest BCUT2D eigenvalue weighted by Gasteiger charge is 2.41. The normalized spacial score (nSPS) is 19.8. The maximum atomic E-state index is 12.7. The van der Waals surface area contributed by atoms with Crippen molar-refractivity contribution >= 4 is 17.5 Å². The highest BCUT2D eigenvalue weighted by Crippen LogP contribution is 2.47. The van der Waals surface area contributed by atoms with E-state index in [4.69, 9.17) is 11.6 Å². The zero-order valence-electron chi connectivity index (χ0n) is 14.2. The second kappa shape index (κ2) is 6.88. The van der Waals surface area contributed by atoms with Crippen LogP contribution in [0.1, 0.15) is 35.3 Å². The average molecular weight is 368 g/mol. The minimum Gasteiger partial charge on any atom is -0.345 e. The number of halogens is 1. The second-order valence-electron chi connectivity index (χ2n) is 6.62. The van der Waals surface area contributed by atoms with Crippen LogP contribution >= 0.6 is 11.6 Å². The standard InChI is InChI=1S/C19H18ClN5O/c1-12-8-16(12)18(13-2-5-15(20)6-3-13)24-19(26)14-4-7-17(22-9-14)25-11-21-10-23-25/h2-7,9-12,16,18H,8H2,1H3,(H,24,26)/t12-,16+,18-/m1/s1. The highest BCUT2D eigenvalue weighted by atomic mass is 35.5. The molecule has 6 nitrogen and oxygen atoms in total. The lowest BCUT2D eigenvalue weighted by molar-refractivity contribution is 0.0930. The summed E-state index contributed by atoms with van der Waals surface area (Å²) in [7, 11) is 0. The Kier molecular flexibility index (Phi) is 4.42. The molecule has 1 aliphatic carbocycles. The van der Waals surface area contributed by atoms with Crippen molar-refractivity contribution in [1.29, 1.82) is 0 Å². The van der Waals surface area contributed by atoms with Crippen LogP contribution in [0.25, 0.3) is 5.82 Å². The summed E-state index contributed by atoms with van der Waals surface area (Å²) in [6.45, 7) is 2.20. The zero-order valence-corrected chi connectivity index (χ0v) is 15.0. The van der Waals surface area contributed by atoms with Crippen LogP contribution in [-0.4, -0.2) is 25.7 Å². The molecule has 0 spiro atoms. The first-order valence-corrected chi connectivity index (χ1v) is 8.87. The fourth-order valence-electron chi connectivity index (χ4n) is 3.13. The van der Waals surface area contributed by atoms with E-state index in [0.717, 1.165) is 12.0 Å². The van der Waals surface area contributed by atoms with Crippen LogP contribution in [-0.2, 0) is 0 Å². The van der Waals surface area contributed by atoms with Crippen molar-refractivity contribution in [3.05, 3.63) is 71.4 Å². The third-order valence-electron chi connectivity index (χ3n) is 4.78. The fraction of sp³-hybridized carbons (Fsp3) is 0.263. The Balaban J connectivity index is 1.52. The molecule has 3 atom stereocenters. The van der Waals surface area contributed by atoms with Gasteiger partial charge in [-0.1, -0.05) is 30.7 Å². The summed E-state index contributed by atoms with van der Waals surface area (Å²) in [5, 5.41) is 7.88. The second-order valence-corrected chi connectivity index (χ2v) is 7.06. The van der Waals surface area contributed by atoms with E-state index in [0.29, 0.717) is 28.2 Å². The van der Waals surface area contributed by atoms with Crippen LogP contribution in [0.5, 0.6) is 0 Å². The van der Waals surface area contributed by atoms with Crippen molar-refractivity contribution in [3.63, 3.8) is 0 Å². The van der Waals surface area contributed by atoms with E-state index in [1.165, 1.54) is 6.33 Å². The maximum absolute atomic E-state index is 12.7. The molecule has 132 valence electrons. The van der Waals surface area contributed by atoms with E-state index in [-0.39, 0.29) is 11.9 Å². The molecule has 7 heteroatoms. The predicted octanol–water partition coefficient (Wildman–Crippen LogP) is 3.44. The Morgan fingerprint density at radius 2 is 2.04 bits per heavy atom. The molecule has 2 aromatic heterocycles. The third kappa shape index (κ3) is 3.46. The fourth-order valence-corrected chi connectivity index (χ4v) is 3.26. The van der Waals surface area contributed by atoms with E-state index in [2.05, 4.69) is 27.3 Å². The SMILES string of the molecule is C[C@@H]1C[C@@H]1[C@H](NC(=O)c1ccc(-n2cncn2)nc1)c1ccc(Cl)cc1. The number of hydrogen-bond acceptors (Lipinski definition) is 4. The van der Waals surface area contributed by atoms with Crippen molar-refractivity contribution in [3.8, 4) is 5.82 Å². The first kappa shape index (κ1) is 16.7. The lowest BCUT2D eigenvalue weighted by Gasteiger charge is -2.19. The Labute approximate surface area is 156 Å². The molecular formula is C19H18ClN5O. The van der Waals surface area contributed by atoms with Gasteiger partial charge in [-0.25, -0.2) is 14.6 Å². The van der Waals surface area contributed by atoms with Crippen LogP contribution in [0.2, 0.25) is 5.02 Å². The van der Waals surface area contributed by atoms with Crippen molar-refractivity contribution in [2.45, 2.75) is 19.4 Å². The van der Waals surface area contributed by atoms with Crippen LogP contribution in [0.4, 0.5) is 0 Å². The predicted molar refractivity (Wildman–Crippen MR) is 98.1 cm³/mol. The highest BCUT2D eigenvalue weighted by molar-refractivity contribution is 6.30. The number of carbonyl (C=O) groups excluding carboxylic acids is 1. The number of aromatic nitrogens is 4. The van der Waals surface area contributed by atoms with Crippen molar-refractivity contribution in [1.82, 2.24) is 25.1 Å². The van der Waals surface area contributed by atoms with Crippen LogP contribution in [0.15, 0.2) is 55.2 Å². The third-order valence-corrected chi connectivity index (χ3v) is 5.03. The van der Waals surface area contributed by atoms with Crippen molar-refractivity contribution in [2.75, 3.05) is 0 Å². The van der Waals surface area contributed by atoms with Gasteiger partial charge in [0, 0.05) is 11.2 Å². The van der Waals surface area contributed by atoms with Gasteiger partial charge in [0.05, 0.1) is 11.6 Å². The quantitative estimate of drug-likeness (QED) is 0.749. The topological polar surface area (TPSA) is 72.7 Å². The van der Waals surface area contributed by atoms with Gasteiger partial charge in [0.1, 0.15) is 12.7 Å². The molecule has 0 aliphatic heterocycles. The monoisotopic (exact) mass is 367 g/mol. The van der Waals surface area contributed by atoms with Crippen molar-refractivity contribution < 1.29 is 4.79 Å². The molecule has 1 aliphatic rings. The summed E-state index contributed by atoms with van der Waals surface area (Å²) >= 11 is 5.99.